The Hall–Kier alpha value is -4.22. The average molecular weight is 645 g/mol. The summed E-state index contributed by atoms with van der Waals surface area (Å²) in [5.41, 5.74) is 3.74. The Morgan fingerprint density at radius 2 is 1.89 bits per heavy atom. The molecule has 236 valence electrons. The minimum absolute atomic E-state index is 0.0727. The first-order valence-electron chi connectivity index (χ1n) is 15.2. The van der Waals surface area contributed by atoms with Crippen LogP contribution >= 0.6 is 11.3 Å². The minimum atomic E-state index is -0.817. The van der Waals surface area contributed by atoms with E-state index in [1.807, 2.05) is 18.0 Å². The number of pyridine rings is 1. The highest BCUT2D eigenvalue weighted by Crippen LogP contribution is 2.48. The molecule has 1 amide bonds. The molecule has 3 aliphatic heterocycles. The second kappa shape index (κ2) is 10.7. The largest absolute Gasteiger partial charge is 0.390 e. The van der Waals surface area contributed by atoms with Gasteiger partial charge in [0.2, 0.25) is 5.91 Å². The zero-order valence-corrected chi connectivity index (χ0v) is 25.7. The fourth-order valence-electron chi connectivity index (χ4n) is 7.36. The van der Waals surface area contributed by atoms with E-state index < -0.39 is 23.9 Å². The minimum Gasteiger partial charge on any atom is -0.390 e. The number of aliphatic hydroxyl groups excluding tert-OH is 2. The molecule has 1 aliphatic carbocycles. The topological polar surface area (TPSA) is 126 Å². The van der Waals surface area contributed by atoms with E-state index in [9.17, 15) is 24.7 Å². The number of benzene rings is 2. The van der Waals surface area contributed by atoms with Crippen LogP contribution in [0.2, 0.25) is 0 Å². The number of carbonyl (C=O) groups excluding carboxylic acids is 1. The van der Waals surface area contributed by atoms with Gasteiger partial charge in [-0.2, -0.15) is 5.26 Å². The summed E-state index contributed by atoms with van der Waals surface area (Å²) >= 11 is 1.19. The third-order valence-corrected chi connectivity index (χ3v) is 10.8. The van der Waals surface area contributed by atoms with Gasteiger partial charge in [-0.05, 0) is 49.2 Å². The lowest BCUT2D eigenvalue weighted by molar-refractivity contribution is -0.152. The van der Waals surface area contributed by atoms with Crippen LogP contribution in [0, 0.1) is 34.3 Å². The average Bonchev–Trinajstić information content (AvgIpc) is 3.73. The van der Waals surface area contributed by atoms with Crippen molar-refractivity contribution in [2.45, 2.75) is 25.0 Å². The Kier molecular flexibility index (Phi) is 6.77. The smallest absolute Gasteiger partial charge is 0.230 e. The summed E-state index contributed by atoms with van der Waals surface area (Å²) in [5, 5.41) is 31.8. The normalized spacial score (nSPS) is 22.9. The van der Waals surface area contributed by atoms with Crippen molar-refractivity contribution in [2.24, 2.45) is 11.3 Å². The van der Waals surface area contributed by atoms with E-state index >= 15 is 4.39 Å². The van der Waals surface area contributed by atoms with E-state index in [1.54, 1.807) is 17.0 Å². The highest BCUT2D eigenvalue weighted by molar-refractivity contribution is 7.16. The zero-order valence-electron chi connectivity index (χ0n) is 24.9. The first kappa shape index (κ1) is 29.2. The fourth-order valence-corrected chi connectivity index (χ4v) is 8.22. The summed E-state index contributed by atoms with van der Waals surface area (Å²) in [6.07, 6.45) is -0.576. The van der Waals surface area contributed by atoms with Crippen molar-refractivity contribution in [3.8, 4) is 17.3 Å². The number of fused-ring (bicyclic) bond motifs is 2. The number of rotatable bonds is 5. The van der Waals surface area contributed by atoms with E-state index in [0.29, 0.717) is 82.7 Å². The molecule has 8 rings (SSSR count). The molecule has 2 aromatic heterocycles. The molecule has 5 heterocycles. The molecular formula is C33H30F2N6O4S. The molecule has 0 saturated carbocycles. The van der Waals surface area contributed by atoms with Crippen molar-refractivity contribution in [2.75, 3.05) is 56.2 Å². The maximum Gasteiger partial charge on any atom is 0.230 e. The summed E-state index contributed by atoms with van der Waals surface area (Å²) in [6.45, 7) is 2.92. The van der Waals surface area contributed by atoms with Gasteiger partial charge in [0.1, 0.15) is 28.0 Å². The van der Waals surface area contributed by atoms with E-state index in [1.165, 1.54) is 29.5 Å². The number of nitriles is 1. The van der Waals surface area contributed by atoms with Crippen LogP contribution in [0.5, 0.6) is 0 Å². The van der Waals surface area contributed by atoms with Crippen molar-refractivity contribution in [3.63, 3.8) is 0 Å². The second-order valence-corrected chi connectivity index (χ2v) is 13.8. The maximum absolute atomic E-state index is 15.9. The highest BCUT2D eigenvalue weighted by atomic mass is 32.1. The Morgan fingerprint density at radius 3 is 2.59 bits per heavy atom. The number of aromatic nitrogens is 2. The third-order valence-electron chi connectivity index (χ3n) is 9.72. The molecule has 13 heteroatoms. The van der Waals surface area contributed by atoms with Crippen molar-refractivity contribution in [1.82, 2.24) is 14.9 Å². The van der Waals surface area contributed by atoms with Crippen molar-refractivity contribution >= 4 is 44.7 Å². The fraction of sp³-hybridized carbons (Fsp3) is 0.394. The molecule has 4 aliphatic rings. The number of ether oxygens (including phenoxy) is 1. The summed E-state index contributed by atoms with van der Waals surface area (Å²) < 4.78 is 34.7. The highest BCUT2D eigenvalue weighted by Gasteiger charge is 2.54. The Morgan fingerprint density at radius 1 is 1.13 bits per heavy atom. The van der Waals surface area contributed by atoms with Gasteiger partial charge in [0.05, 0.1) is 42.7 Å². The van der Waals surface area contributed by atoms with Crippen LogP contribution in [0.15, 0.2) is 36.4 Å². The van der Waals surface area contributed by atoms with Crippen LogP contribution in [0.3, 0.4) is 0 Å². The molecule has 2 N–H and O–H groups in total. The predicted molar refractivity (Wildman–Crippen MR) is 167 cm³/mol. The quantitative estimate of drug-likeness (QED) is 0.333. The van der Waals surface area contributed by atoms with Gasteiger partial charge in [0.25, 0.3) is 0 Å². The van der Waals surface area contributed by atoms with Gasteiger partial charge in [0.15, 0.2) is 10.9 Å². The van der Waals surface area contributed by atoms with E-state index in [4.69, 9.17) is 9.72 Å². The van der Waals surface area contributed by atoms with Crippen LogP contribution in [0.1, 0.15) is 28.7 Å². The number of nitrogens with zero attached hydrogens (tertiary/aromatic N) is 6. The van der Waals surface area contributed by atoms with E-state index in [-0.39, 0.29) is 35.9 Å². The van der Waals surface area contributed by atoms with Crippen molar-refractivity contribution in [1.29, 1.82) is 5.26 Å². The number of halogens is 2. The SMILES string of the molecule is CN(c1nc(-c2ccc(F)cc2)c(C#N)s1)c1c2c(nc3c(F)cc(N4CC5(CN(C(=O)C6COC[C@@H]6O)C5)C4)cc13)[C@@H](O)CC2. The summed E-state index contributed by atoms with van der Waals surface area (Å²) in [4.78, 5) is 28.3. The lowest BCUT2D eigenvalue weighted by Crippen LogP contribution is -2.73. The number of hydrogen-bond acceptors (Lipinski definition) is 10. The zero-order chi connectivity index (χ0) is 31.9. The molecule has 3 fully saturated rings. The predicted octanol–water partition coefficient (Wildman–Crippen LogP) is 3.91. The summed E-state index contributed by atoms with van der Waals surface area (Å²) in [7, 11) is 1.81. The number of hydrogen-bond donors (Lipinski definition) is 2. The third kappa shape index (κ3) is 4.54. The van der Waals surface area contributed by atoms with Gasteiger partial charge in [-0.3, -0.25) is 4.79 Å². The summed E-state index contributed by atoms with van der Waals surface area (Å²) in [6, 6.07) is 11.4. The van der Waals surface area contributed by atoms with Crippen molar-refractivity contribution in [3.05, 3.63) is 64.2 Å². The van der Waals surface area contributed by atoms with Crippen LogP contribution in [0.4, 0.5) is 25.3 Å². The molecule has 1 unspecified atom stereocenters. The molecule has 46 heavy (non-hydrogen) atoms. The standard InChI is InChI=1S/C33H30F2N6O4S/c1-39(32-38-27(26(10-36)46-32)17-2-4-18(34)5-3-17)30-20-6-7-24(42)29(20)37-28-21(30)8-19(9-23(28)35)40-13-33(14-40)15-41(16-33)31(44)22-11-45-12-25(22)43/h2-5,8-9,22,24-25,42-43H,6-7,11-16H2,1H3/t22?,24-,25-/m0/s1. The molecule has 2 aromatic carbocycles. The molecule has 0 radical (unpaired) electrons. The van der Waals surface area contributed by atoms with Gasteiger partial charge in [-0.25, -0.2) is 18.7 Å². The Balaban J connectivity index is 1.12. The maximum atomic E-state index is 15.9. The lowest BCUT2D eigenvalue weighted by atomic mass is 9.72. The van der Waals surface area contributed by atoms with Gasteiger partial charge >= 0.3 is 0 Å². The van der Waals surface area contributed by atoms with E-state index in [2.05, 4.69) is 16.0 Å². The number of likely N-dealkylation sites (tertiary alicyclic amines) is 1. The van der Waals surface area contributed by atoms with E-state index in [0.717, 1.165) is 5.56 Å². The molecule has 3 saturated heterocycles. The van der Waals surface area contributed by atoms with Gasteiger partial charge < -0.3 is 29.6 Å². The second-order valence-electron chi connectivity index (χ2n) is 12.8. The van der Waals surface area contributed by atoms with Crippen LogP contribution in [-0.4, -0.2) is 83.5 Å². The molecule has 4 aromatic rings. The Bertz CT molecular complexity index is 1930. The van der Waals surface area contributed by atoms with Gasteiger partial charge in [-0.1, -0.05) is 11.3 Å². The van der Waals surface area contributed by atoms with Gasteiger partial charge in [-0.15, -0.1) is 0 Å². The molecule has 3 atom stereocenters. The number of thiazole rings is 1. The first-order chi connectivity index (χ1) is 22.1. The van der Waals surface area contributed by atoms with Crippen molar-refractivity contribution < 1.29 is 28.5 Å². The molecular weight excluding hydrogens is 614 g/mol. The summed E-state index contributed by atoms with van der Waals surface area (Å²) in [5.74, 6) is -1.49. The number of aliphatic hydroxyl groups is 2. The van der Waals surface area contributed by atoms with Crippen LogP contribution < -0.4 is 9.80 Å². The van der Waals surface area contributed by atoms with Crippen LogP contribution in [0.25, 0.3) is 22.2 Å². The number of amides is 1. The molecule has 1 spiro atoms. The Labute approximate surface area is 267 Å². The first-order valence-corrected chi connectivity index (χ1v) is 16.0. The number of anilines is 3. The number of carbonyl (C=O) groups is 1. The monoisotopic (exact) mass is 644 g/mol. The van der Waals surface area contributed by atoms with Crippen LogP contribution in [-0.2, 0) is 16.0 Å². The lowest BCUT2D eigenvalue weighted by Gasteiger charge is -2.61. The molecule has 10 nitrogen and oxygen atoms in total. The molecule has 0 bridgehead atoms. The van der Waals surface area contributed by atoms with Gasteiger partial charge in [0, 0.05) is 60.8 Å².